The molecule has 3 rings (SSSR count). The number of nitrogens with one attached hydrogen (secondary N) is 1. The number of hydrogen-bond acceptors (Lipinski definition) is 5. The first-order valence-electron chi connectivity index (χ1n) is 5.00. The Labute approximate surface area is 98.7 Å². The van der Waals surface area contributed by atoms with Crippen LogP contribution in [0.15, 0.2) is 12.7 Å². The Morgan fingerprint density at radius 3 is 3.00 bits per heavy atom. The van der Waals surface area contributed by atoms with Gasteiger partial charge in [-0.2, -0.15) is 0 Å². The second-order valence-corrected chi connectivity index (χ2v) is 3.73. The molecule has 1 fully saturated rings. The van der Waals surface area contributed by atoms with Crippen LogP contribution < -0.4 is 11.1 Å². The molecule has 0 aromatic carbocycles. The first-order valence-corrected chi connectivity index (χ1v) is 5.00. The molecule has 0 bridgehead atoms. The smallest absolute Gasteiger partial charge is 0.165 e. The molecule has 0 aliphatic carbocycles. The van der Waals surface area contributed by atoms with Crippen LogP contribution >= 0.6 is 12.4 Å². The van der Waals surface area contributed by atoms with Crippen LogP contribution in [0.3, 0.4) is 0 Å². The van der Waals surface area contributed by atoms with E-state index >= 15 is 0 Å². The summed E-state index contributed by atoms with van der Waals surface area (Å²) in [6, 6.07) is 0.435. The average Bonchev–Trinajstić information content (AvgIpc) is 2.85. The number of hydrogen-bond donors (Lipinski definition) is 2. The highest BCUT2D eigenvalue weighted by atomic mass is 35.5. The van der Waals surface area contributed by atoms with Crippen molar-refractivity contribution in [3.63, 3.8) is 0 Å². The summed E-state index contributed by atoms with van der Waals surface area (Å²) < 4.78 is 2.08. The van der Waals surface area contributed by atoms with E-state index in [-0.39, 0.29) is 12.4 Å². The van der Waals surface area contributed by atoms with Crippen LogP contribution in [0.2, 0.25) is 0 Å². The molecular weight excluding hydrogens is 228 g/mol. The van der Waals surface area contributed by atoms with Crippen molar-refractivity contribution >= 4 is 29.4 Å². The number of aromatic nitrogens is 4. The minimum absolute atomic E-state index is 0. The van der Waals surface area contributed by atoms with E-state index in [0.29, 0.717) is 17.4 Å². The molecule has 3 heterocycles. The van der Waals surface area contributed by atoms with Crippen molar-refractivity contribution in [1.82, 2.24) is 24.8 Å². The molecule has 1 saturated heterocycles. The van der Waals surface area contributed by atoms with Gasteiger partial charge < -0.3 is 15.6 Å². The van der Waals surface area contributed by atoms with E-state index < -0.39 is 0 Å². The van der Waals surface area contributed by atoms with Crippen LogP contribution in [0.25, 0.3) is 11.2 Å². The van der Waals surface area contributed by atoms with E-state index in [4.69, 9.17) is 5.73 Å². The molecule has 0 spiro atoms. The number of halogens is 1. The number of nitrogen functional groups attached to an aromatic ring is 1. The van der Waals surface area contributed by atoms with Crippen molar-refractivity contribution in [2.45, 2.75) is 12.5 Å². The zero-order chi connectivity index (χ0) is 10.3. The number of nitrogens with two attached hydrogens (primary N) is 1. The molecule has 6 nitrogen and oxygen atoms in total. The van der Waals surface area contributed by atoms with Crippen LogP contribution in [0.4, 0.5) is 5.82 Å². The van der Waals surface area contributed by atoms with Gasteiger partial charge >= 0.3 is 0 Å². The lowest BCUT2D eigenvalue weighted by Crippen LogP contribution is -2.13. The summed E-state index contributed by atoms with van der Waals surface area (Å²) in [4.78, 5) is 12.4. The SMILES string of the molecule is Cl.Nc1ncnc2c1ncn2C1CCNC1. The van der Waals surface area contributed by atoms with E-state index in [1.165, 1.54) is 6.33 Å². The Bertz CT molecular complexity index is 490. The predicted octanol–water partition coefficient (Wildman–Crippen LogP) is 0.365. The van der Waals surface area contributed by atoms with Gasteiger partial charge in [0.2, 0.25) is 0 Å². The van der Waals surface area contributed by atoms with Gasteiger partial charge in [0, 0.05) is 6.54 Å². The van der Waals surface area contributed by atoms with E-state index in [0.717, 1.165) is 25.2 Å². The highest BCUT2D eigenvalue weighted by molar-refractivity contribution is 5.85. The standard InChI is InChI=1S/C9H12N6.ClH/c10-8-7-9(13-4-12-8)15(5-14-7)6-1-2-11-3-6;/h4-6,11H,1-3H2,(H2,10,12,13);1H. The van der Waals surface area contributed by atoms with Crippen molar-refractivity contribution in [1.29, 1.82) is 0 Å². The van der Waals surface area contributed by atoms with Crippen LogP contribution in [-0.2, 0) is 0 Å². The lowest BCUT2D eigenvalue weighted by molar-refractivity contribution is 0.558. The summed E-state index contributed by atoms with van der Waals surface area (Å²) in [5.74, 6) is 0.449. The quantitative estimate of drug-likeness (QED) is 0.753. The van der Waals surface area contributed by atoms with Gasteiger partial charge in [-0.05, 0) is 13.0 Å². The Hall–Kier alpha value is -1.40. The Balaban J connectivity index is 0.000000963. The summed E-state index contributed by atoms with van der Waals surface area (Å²) in [5.41, 5.74) is 7.25. The maximum atomic E-state index is 5.73. The van der Waals surface area contributed by atoms with Crippen LogP contribution in [0.1, 0.15) is 12.5 Å². The number of rotatable bonds is 1. The Morgan fingerprint density at radius 1 is 1.38 bits per heavy atom. The third-order valence-electron chi connectivity index (χ3n) is 2.81. The average molecular weight is 241 g/mol. The zero-order valence-corrected chi connectivity index (χ0v) is 9.44. The summed E-state index contributed by atoms with van der Waals surface area (Å²) in [6.07, 6.45) is 4.39. The van der Waals surface area contributed by atoms with E-state index in [1.54, 1.807) is 6.33 Å². The lowest BCUT2D eigenvalue weighted by Gasteiger charge is -2.10. The molecular formula is C9H13ClN6. The lowest BCUT2D eigenvalue weighted by atomic mass is 10.2. The van der Waals surface area contributed by atoms with Gasteiger partial charge in [-0.15, -0.1) is 12.4 Å². The van der Waals surface area contributed by atoms with Gasteiger partial charge in [0.25, 0.3) is 0 Å². The Kier molecular flexibility index (Phi) is 2.93. The molecule has 1 atom stereocenters. The maximum absolute atomic E-state index is 5.73. The van der Waals surface area contributed by atoms with Gasteiger partial charge in [-0.1, -0.05) is 0 Å². The second-order valence-electron chi connectivity index (χ2n) is 3.73. The number of anilines is 1. The molecule has 16 heavy (non-hydrogen) atoms. The third kappa shape index (κ3) is 1.60. The summed E-state index contributed by atoms with van der Waals surface area (Å²) in [6.45, 7) is 2.01. The first-order chi connectivity index (χ1) is 7.36. The number of fused-ring (bicyclic) bond motifs is 1. The summed E-state index contributed by atoms with van der Waals surface area (Å²) in [5, 5.41) is 3.32. The fourth-order valence-electron chi connectivity index (χ4n) is 2.01. The first kappa shape index (κ1) is 11.1. The molecule has 2 aromatic rings. The van der Waals surface area contributed by atoms with E-state index in [1.807, 2.05) is 0 Å². The summed E-state index contributed by atoms with van der Waals surface area (Å²) >= 11 is 0. The third-order valence-corrected chi connectivity index (χ3v) is 2.81. The minimum Gasteiger partial charge on any atom is -0.382 e. The molecule has 1 aliphatic rings. The van der Waals surface area contributed by atoms with Crippen molar-refractivity contribution < 1.29 is 0 Å². The molecule has 3 N–H and O–H groups in total. The topological polar surface area (TPSA) is 81.7 Å². The van der Waals surface area contributed by atoms with Crippen molar-refractivity contribution in [3.05, 3.63) is 12.7 Å². The van der Waals surface area contributed by atoms with E-state index in [9.17, 15) is 0 Å². The normalized spacial score (nSPS) is 19.9. The van der Waals surface area contributed by atoms with Gasteiger partial charge in [-0.3, -0.25) is 0 Å². The molecule has 2 aromatic heterocycles. The molecule has 0 saturated carbocycles. The van der Waals surface area contributed by atoms with Crippen LogP contribution in [0, 0.1) is 0 Å². The maximum Gasteiger partial charge on any atom is 0.165 e. The largest absolute Gasteiger partial charge is 0.382 e. The minimum atomic E-state index is 0. The molecule has 86 valence electrons. The van der Waals surface area contributed by atoms with Gasteiger partial charge in [0.15, 0.2) is 11.5 Å². The molecule has 1 aliphatic heterocycles. The monoisotopic (exact) mass is 240 g/mol. The van der Waals surface area contributed by atoms with Crippen molar-refractivity contribution in [2.75, 3.05) is 18.8 Å². The summed E-state index contributed by atoms with van der Waals surface area (Å²) in [7, 11) is 0. The van der Waals surface area contributed by atoms with Crippen LogP contribution in [-0.4, -0.2) is 32.6 Å². The predicted molar refractivity (Wildman–Crippen MR) is 63.5 cm³/mol. The Morgan fingerprint density at radius 2 is 2.25 bits per heavy atom. The molecule has 0 amide bonds. The molecule has 1 unspecified atom stereocenters. The number of nitrogens with zero attached hydrogens (tertiary/aromatic N) is 4. The van der Waals surface area contributed by atoms with Crippen molar-refractivity contribution in [2.24, 2.45) is 0 Å². The van der Waals surface area contributed by atoms with E-state index in [2.05, 4.69) is 24.8 Å². The van der Waals surface area contributed by atoms with Gasteiger partial charge in [-0.25, -0.2) is 15.0 Å². The second kappa shape index (κ2) is 4.23. The van der Waals surface area contributed by atoms with Crippen LogP contribution in [0.5, 0.6) is 0 Å². The van der Waals surface area contributed by atoms with Crippen molar-refractivity contribution in [3.8, 4) is 0 Å². The number of imidazole rings is 1. The molecule has 0 radical (unpaired) electrons. The van der Waals surface area contributed by atoms with Gasteiger partial charge in [0.05, 0.1) is 12.4 Å². The highest BCUT2D eigenvalue weighted by Crippen LogP contribution is 2.21. The fraction of sp³-hybridized carbons (Fsp3) is 0.444. The zero-order valence-electron chi connectivity index (χ0n) is 8.63. The fourth-order valence-corrected chi connectivity index (χ4v) is 2.01. The van der Waals surface area contributed by atoms with Gasteiger partial charge in [0.1, 0.15) is 11.8 Å². The highest BCUT2D eigenvalue weighted by Gasteiger charge is 2.19. The molecule has 7 heteroatoms.